The summed E-state index contributed by atoms with van der Waals surface area (Å²) in [4.78, 5) is 4.67. The molecule has 0 fully saturated rings. The second-order valence-electron chi connectivity index (χ2n) is 6.91. The van der Waals surface area contributed by atoms with Crippen LogP contribution in [0.3, 0.4) is 0 Å². The normalized spacial score (nSPS) is 10.9. The lowest BCUT2D eigenvalue weighted by molar-refractivity contribution is 0.606. The average molecular weight is 434 g/mol. The van der Waals surface area contributed by atoms with Gasteiger partial charge in [-0.1, -0.05) is 43.7 Å². The van der Waals surface area contributed by atoms with Crippen molar-refractivity contribution >= 4 is 40.5 Å². The van der Waals surface area contributed by atoms with Crippen molar-refractivity contribution < 1.29 is 8.42 Å². The molecule has 27 heavy (non-hydrogen) atoms. The fourth-order valence-electron chi connectivity index (χ4n) is 2.93. The number of nitrogens with zero attached hydrogens (tertiary/aromatic N) is 1. The van der Waals surface area contributed by atoms with E-state index in [0.717, 1.165) is 40.6 Å². The maximum absolute atomic E-state index is 11.9. The molecule has 1 heterocycles. The molecule has 0 amide bonds. The predicted octanol–water partition coefficient (Wildman–Crippen LogP) is 4.24. The zero-order chi connectivity index (χ0) is 18.8. The van der Waals surface area contributed by atoms with E-state index in [-0.39, 0.29) is 24.8 Å². The molecule has 2 aromatic rings. The Hall–Kier alpha value is -1.34. The number of benzene rings is 1. The molecule has 8 heteroatoms. The van der Waals surface area contributed by atoms with E-state index in [4.69, 9.17) is 5.73 Å². The van der Waals surface area contributed by atoms with E-state index in [1.54, 1.807) is 0 Å². The second kappa shape index (κ2) is 10.3. The minimum atomic E-state index is -3.43. The van der Waals surface area contributed by atoms with Crippen molar-refractivity contribution in [3.05, 3.63) is 46.8 Å². The minimum Gasteiger partial charge on any atom is -0.326 e. The van der Waals surface area contributed by atoms with Crippen LogP contribution in [0.25, 0.3) is 11.1 Å². The van der Waals surface area contributed by atoms with Gasteiger partial charge < -0.3 is 5.73 Å². The van der Waals surface area contributed by atoms with Gasteiger partial charge in [-0.05, 0) is 37.3 Å². The molecule has 0 aliphatic carbocycles. The molecule has 0 atom stereocenters. The number of hydrogen-bond donors (Lipinski definition) is 2. The first kappa shape index (κ1) is 25.7. The Labute approximate surface area is 175 Å². The Bertz CT molecular complexity index is 868. The van der Waals surface area contributed by atoms with Gasteiger partial charge in [0.05, 0.1) is 17.6 Å². The van der Waals surface area contributed by atoms with Crippen LogP contribution < -0.4 is 10.5 Å². The summed E-state index contributed by atoms with van der Waals surface area (Å²) in [7, 11) is -3.43. The quantitative estimate of drug-likeness (QED) is 0.712. The molecule has 0 unspecified atom stereocenters. The fourth-order valence-corrected chi connectivity index (χ4v) is 3.55. The van der Waals surface area contributed by atoms with Crippen LogP contribution in [0.5, 0.6) is 0 Å². The Kier molecular flexibility index (Phi) is 9.76. The number of pyridine rings is 1. The monoisotopic (exact) mass is 433 g/mol. The zero-order valence-electron chi connectivity index (χ0n) is 16.4. The molecule has 0 saturated carbocycles. The van der Waals surface area contributed by atoms with Gasteiger partial charge in [0.15, 0.2) is 0 Å². The van der Waals surface area contributed by atoms with Crippen LogP contribution >= 0.6 is 24.8 Å². The second-order valence-corrected chi connectivity index (χ2v) is 8.66. The first-order valence-corrected chi connectivity index (χ1v) is 10.3. The van der Waals surface area contributed by atoms with E-state index in [1.807, 2.05) is 38.1 Å². The highest BCUT2D eigenvalue weighted by atomic mass is 35.5. The van der Waals surface area contributed by atoms with Gasteiger partial charge in [0, 0.05) is 17.8 Å². The molecular formula is C19H29Cl2N3O2S. The van der Waals surface area contributed by atoms with Crippen LogP contribution in [0.1, 0.15) is 36.4 Å². The number of sulfonamides is 1. The largest absolute Gasteiger partial charge is 0.326 e. The summed E-state index contributed by atoms with van der Waals surface area (Å²) >= 11 is 0. The molecule has 0 aliphatic heterocycles. The smallest absolute Gasteiger partial charge is 0.229 e. The number of nitrogens with one attached hydrogen (secondary N) is 1. The summed E-state index contributed by atoms with van der Waals surface area (Å²) in [6.45, 7) is 8.41. The first-order chi connectivity index (χ1) is 11.6. The molecule has 152 valence electrons. The van der Waals surface area contributed by atoms with Crippen molar-refractivity contribution in [1.29, 1.82) is 0 Å². The first-order valence-electron chi connectivity index (χ1n) is 8.39. The summed E-state index contributed by atoms with van der Waals surface area (Å²) < 4.78 is 26.4. The van der Waals surface area contributed by atoms with Gasteiger partial charge in [-0.3, -0.25) is 9.71 Å². The van der Waals surface area contributed by atoms with Crippen molar-refractivity contribution in [3.63, 3.8) is 0 Å². The number of aryl methyl sites for hydroxylation is 2. The van der Waals surface area contributed by atoms with Crippen LogP contribution in [0.4, 0.5) is 5.69 Å². The molecule has 3 N–H and O–H groups in total. The lowest BCUT2D eigenvalue weighted by Crippen LogP contribution is -2.17. The van der Waals surface area contributed by atoms with Crippen molar-refractivity contribution in [1.82, 2.24) is 4.98 Å². The van der Waals surface area contributed by atoms with Gasteiger partial charge in [0.1, 0.15) is 0 Å². The van der Waals surface area contributed by atoms with Crippen molar-refractivity contribution in [3.8, 4) is 11.1 Å². The third-order valence-electron chi connectivity index (χ3n) is 4.00. The summed E-state index contributed by atoms with van der Waals surface area (Å²) in [6, 6.07) is 8.02. The number of nitrogens with two attached hydrogens (primary N) is 1. The van der Waals surface area contributed by atoms with Crippen molar-refractivity contribution in [2.75, 3.05) is 11.0 Å². The van der Waals surface area contributed by atoms with Crippen molar-refractivity contribution in [2.45, 2.75) is 40.7 Å². The van der Waals surface area contributed by atoms with E-state index < -0.39 is 10.0 Å². The molecule has 5 nitrogen and oxygen atoms in total. The average Bonchev–Trinajstić information content (AvgIpc) is 2.49. The number of hydrogen-bond acceptors (Lipinski definition) is 4. The number of anilines is 1. The van der Waals surface area contributed by atoms with E-state index in [0.29, 0.717) is 23.8 Å². The number of aromatic nitrogens is 1. The van der Waals surface area contributed by atoms with Gasteiger partial charge in [0.25, 0.3) is 0 Å². The molecule has 0 radical (unpaired) electrons. The van der Waals surface area contributed by atoms with Gasteiger partial charge >= 0.3 is 0 Å². The highest BCUT2D eigenvalue weighted by Crippen LogP contribution is 2.36. The van der Waals surface area contributed by atoms with Gasteiger partial charge in [-0.15, -0.1) is 24.8 Å². The van der Waals surface area contributed by atoms with E-state index in [9.17, 15) is 8.42 Å². The number of rotatable bonds is 6. The third-order valence-corrected chi connectivity index (χ3v) is 4.57. The van der Waals surface area contributed by atoms with Crippen LogP contribution in [0.2, 0.25) is 0 Å². The lowest BCUT2D eigenvalue weighted by Gasteiger charge is -2.21. The summed E-state index contributed by atoms with van der Waals surface area (Å²) in [5, 5.41) is 0. The molecule has 1 aromatic heterocycles. The fraction of sp³-hybridized carbons (Fsp3) is 0.421. The Morgan fingerprint density at radius 1 is 1.11 bits per heavy atom. The van der Waals surface area contributed by atoms with Crippen LogP contribution in [-0.4, -0.2) is 19.7 Å². The van der Waals surface area contributed by atoms with Crippen LogP contribution in [-0.2, 0) is 23.0 Å². The maximum Gasteiger partial charge on any atom is 0.229 e. The van der Waals surface area contributed by atoms with Gasteiger partial charge in [0.2, 0.25) is 10.0 Å². The molecule has 0 aliphatic rings. The zero-order valence-corrected chi connectivity index (χ0v) is 18.8. The lowest BCUT2D eigenvalue weighted by atomic mass is 9.92. The topological polar surface area (TPSA) is 85.1 Å². The Balaban J connectivity index is 0.00000338. The highest BCUT2D eigenvalue weighted by molar-refractivity contribution is 7.92. The predicted molar refractivity (Wildman–Crippen MR) is 119 cm³/mol. The number of halogens is 2. The Morgan fingerprint density at radius 3 is 2.11 bits per heavy atom. The third kappa shape index (κ3) is 6.64. The SMILES string of the molecule is Cc1ccc(-c2c(CN)c(CC(C)C)nc(C)c2NS(C)(=O)=O)cc1.Cl.Cl. The molecule has 0 saturated heterocycles. The molecular weight excluding hydrogens is 405 g/mol. The minimum absolute atomic E-state index is 0. The summed E-state index contributed by atoms with van der Waals surface area (Å²) in [6.07, 6.45) is 1.95. The van der Waals surface area contributed by atoms with E-state index >= 15 is 0 Å². The standard InChI is InChI=1S/C19H27N3O2S.2ClH/c1-12(2)10-17-16(11-20)18(15-8-6-13(3)7-9-15)19(14(4)21-17)22-25(5,23)24;;/h6-9,12,22H,10-11,20H2,1-5H3;2*1H. The van der Waals surface area contributed by atoms with Gasteiger partial charge in [-0.2, -0.15) is 0 Å². The molecule has 0 bridgehead atoms. The van der Waals surface area contributed by atoms with E-state index in [2.05, 4.69) is 23.6 Å². The van der Waals surface area contributed by atoms with Crippen LogP contribution in [0.15, 0.2) is 24.3 Å². The van der Waals surface area contributed by atoms with Crippen LogP contribution in [0, 0.1) is 19.8 Å². The highest BCUT2D eigenvalue weighted by Gasteiger charge is 2.21. The van der Waals surface area contributed by atoms with Crippen molar-refractivity contribution in [2.24, 2.45) is 11.7 Å². The summed E-state index contributed by atoms with van der Waals surface area (Å²) in [5.74, 6) is 0.428. The maximum atomic E-state index is 11.9. The molecule has 2 rings (SSSR count). The summed E-state index contributed by atoms with van der Waals surface area (Å²) in [5.41, 5.74) is 12.0. The Morgan fingerprint density at radius 2 is 1.67 bits per heavy atom. The van der Waals surface area contributed by atoms with Gasteiger partial charge in [-0.25, -0.2) is 8.42 Å². The molecule has 1 aromatic carbocycles. The van der Waals surface area contributed by atoms with E-state index in [1.165, 1.54) is 0 Å². The molecule has 0 spiro atoms.